The van der Waals surface area contributed by atoms with Crippen LogP contribution >= 0.6 is 0 Å². The molecule has 0 aromatic carbocycles. The Labute approximate surface area is 149 Å². The van der Waals surface area contributed by atoms with E-state index in [1.165, 1.54) is 0 Å². The van der Waals surface area contributed by atoms with Crippen LogP contribution < -0.4 is 16.0 Å². The summed E-state index contributed by atoms with van der Waals surface area (Å²) in [5, 5.41) is 12.5. The Morgan fingerprint density at radius 1 is 1.27 bits per heavy atom. The van der Waals surface area contributed by atoms with Crippen LogP contribution in [0.1, 0.15) is 41.8 Å². The van der Waals surface area contributed by atoms with Crippen LogP contribution in [0.4, 0.5) is 16.2 Å². The third-order valence-corrected chi connectivity index (χ3v) is 4.70. The van der Waals surface area contributed by atoms with Gasteiger partial charge in [0, 0.05) is 26.0 Å². The molecule has 0 bridgehead atoms. The molecule has 136 valence electrons. The summed E-state index contributed by atoms with van der Waals surface area (Å²) in [6.45, 7) is 3.92. The Bertz CT molecular complexity index is 939. The van der Waals surface area contributed by atoms with Crippen LogP contribution in [-0.2, 0) is 18.3 Å². The molecule has 9 nitrogen and oxygen atoms in total. The van der Waals surface area contributed by atoms with E-state index in [-0.39, 0.29) is 0 Å². The molecule has 0 radical (unpaired) electrons. The van der Waals surface area contributed by atoms with E-state index in [2.05, 4.69) is 21.0 Å². The van der Waals surface area contributed by atoms with Crippen molar-refractivity contribution in [3.8, 4) is 0 Å². The third kappa shape index (κ3) is 2.75. The predicted octanol–water partition coefficient (Wildman–Crippen LogP) is 1.99. The molecule has 9 heteroatoms. The Morgan fingerprint density at radius 3 is 2.73 bits per heavy atom. The molecule has 1 saturated heterocycles. The number of amides is 3. The smallest absolute Gasteiger partial charge is 0.322 e. The lowest BCUT2D eigenvalue weighted by molar-refractivity contribution is -0.120. The van der Waals surface area contributed by atoms with Crippen molar-refractivity contribution in [1.82, 2.24) is 20.4 Å². The number of amidine groups is 1. The van der Waals surface area contributed by atoms with Gasteiger partial charge >= 0.3 is 6.03 Å². The summed E-state index contributed by atoms with van der Waals surface area (Å²) >= 11 is 0. The Balaban J connectivity index is 1.63. The molecule has 3 N–H and O–H groups in total. The van der Waals surface area contributed by atoms with Gasteiger partial charge in [-0.2, -0.15) is 5.10 Å². The number of nitrogens with one attached hydrogen (secondary N) is 3. The maximum Gasteiger partial charge on any atom is 0.322 e. The number of fused-ring (bicyclic) bond motifs is 1. The van der Waals surface area contributed by atoms with E-state index in [1.807, 2.05) is 25.6 Å². The molecule has 2 aromatic rings. The van der Waals surface area contributed by atoms with Gasteiger partial charge in [-0.05, 0) is 20.3 Å². The van der Waals surface area contributed by atoms with Crippen molar-refractivity contribution < 1.29 is 14.0 Å². The fraction of sp³-hybridized carbons (Fsp3) is 0.412. The first kappa shape index (κ1) is 16.4. The van der Waals surface area contributed by atoms with Crippen LogP contribution in [0.15, 0.2) is 15.5 Å². The number of nitrogens with zero attached hydrogens (tertiary/aromatic N) is 3. The zero-order valence-electron chi connectivity index (χ0n) is 14.8. The van der Waals surface area contributed by atoms with Crippen LogP contribution in [0.2, 0.25) is 0 Å². The summed E-state index contributed by atoms with van der Waals surface area (Å²) in [6.07, 6.45) is 2.38. The molecule has 1 unspecified atom stereocenters. The normalized spacial score (nSPS) is 21.2. The fourth-order valence-electron chi connectivity index (χ4n) is 3.28. The highest BCUT2D eigenvalue weighted by atomic mass is 16.3. The highest BCUT2D eigenvalue weighted by Gasteiger charge is 2.34. The van der Waals surface area contributed by atoms with Crippen LogP contribution in [0, 0.1) is 13.8 Å². The Kier molecular flexibility index (Phi) is 3.78. The van der Waals surface area contributed by atoms with Gasteiger partial charge in [0.25, 0.3) is 5.91 Å². The number of aryl methyl sites for hydroxylation is 3. The first-order valence-corrected chi connectivity index (χ1v) is 8.51. The van der Waals surface area contributed by atoms with Crippen LogP contribution in [-0.4, -0.2) is 27.6 Å². The molecule has 26 heavy (non-hydrogen) atoms. The lowest BCUT2D eigenvalue weighted by Gasteiger charge is -2.06. The molecule has 4 rings (SSSR count). The van der Waals surface area contributed by atoms with E-state index >= 15 is 0 Å². The van der Waals surface area contributed by atoms with Gasteiger partial charge in [0.2, 0.25) is 0 Å². The summed E-state index contributed by atoms with van der Waals surface area (Å²) in [6, 6.07) is 0.457. The number of hydrogen-bond donors (Lipinski definition) is 3. The van der Waals surface area contributed by atoms with E-state index < -0.39 is 18.0 Å². The number of carbonyl (C=O) groups is 2. The van der Waals surface area contributed by atoms with Crippen molar-refractivity contribution >= 4 is 29.1 Å². The van der Waals surface area contributed by atoms with Gasteiger partial charge in [-0.1, -0.05) is 0 Å². The Morgan fingerprint density at radius 2 is 2.08 bits per heavy atom. The number of carbonyl (C=O) groups excluding carboxylic acids is 2. The molecule has 2 aromatic heterocycles. The number of hydrogen-bond acceptors (Lipinski definition) is 5. The standard InChI is InChI=1S/C17H20N6O3/c1-8-14(9(2)23(3)22-8)19-13-6-4-5-11-10(18-13)7-12(26-11)15-16(24)21-17(25)20-15/h7,15H,4-6H2,1-3H3,(H,18,19)(H2,20,21,24,25). The van der Waals surface area contributed by atoms with E-state index in [9.17, 15) is 9.59 Å². The molecular weight excluding hydrogens is 336 g/mol. The number of furan rings is 1. The fourth-order valence-corrected chi connectivity index (χ4v) is 3.28. The Hall–Kier alpha value is -3.10. The topological polar surface area (TPSA) is 114 Å². The van der Waals surface area contributed by atoms with Crippen molar-refractivity contribution in [2.24, 2.45) is 12.0 Å². The van der Waals surface area contributed by atoms with Gasteiger partial charge in [-0.15, -0.1) is 0 Å². The summed E-state index contributed by atoms with van der Waals surface area (Å²) in [4.78, 5) is 27.9. The predicted molar refractivity (Wildman–Crippen MR) is 94.5 cm³/mol. The summed E-state index contributed by atoms with van der Waals surface area (Å²) < 4.78 is 7.64. The van der Waals surface area contributed by atoms with Crippen molar-refractivity contribution in [1.29, 1.82) is 0 Å². The number of urea groups is 1. The average molecular weight is 356 g/mol. The molecule has 1 fully saturated rings. The molecule has 3 amide bonds. The molecule has 4 heterocycles. The lowest BCUT2D eigenvalue weighted by Crippen LogP contribution is -2.22. The van der Waals surface area contributed by atoms with E-state index in [0.29, 0.717) is 5.76 Å². The minimum Gasteiger partial charge on any atom is -0.461 e. The number of anilines is 1. The minimum absolute atomic E-state index is 0.408. The molecule has 2 aliphatic rings. The molecule has 0 saturated carbocycles. The maximum absolute atomic E-state index is 11.8. The van der Waals surface area contributed by atoms with Crippen molar-refractivity contribution in [2.45, 2.75) is 39.2 Å². The monoisotopic (exact) mass is 356 g/mol. The zero-order chi connectivity index (χ0) is 18.4. The highest BCUT2D eigenvalue weighted by molar-refractivity contribution is 6.04. The quantitative estimate of drug-likeness (QED) is 0.712. The minimum atomic E-state index is -0.792. The van der Waals surface area contributed by atoms with Crippen LogP contribution in [0.25, 0.3) is 0 Å². The number of rotatable bonds is 2. The molecule has 0 spiro atoms. The van der Waals surface area contributed by atoms with Crippen molar-refractivity contribution in [3.63, 3.8) is 0 Å². The van der Waals surface area contributed by atoms with E-state index in [4.69, 9.17) is 9.41 Å². The molecule has 0 aliphatic carbocycles. The average Bonchev–Trinajstić information content (AvgIpc) is 3.15. The number of aliphatic imine (C=N–C) groups is 1. The second-order valence-electron chi connectivity index (χ2n) is 6.56. The largest absolute Gasteiger partial charge is 0.461 e. The maximum atomic E-state index is 11.8. The van der Waals surface area contributed by atoms with Gasteiger partial charge < -0.3 is 15.1 Å². The van der Waals surface area contributed by atoms with Gasteiger partial charge in [0.15, 0.2) is 6.04 Å². The van der Waals surface area contributed by atoms with Gasteiger partial charge in [-0.3, -0.25) is 14.8 Å². The van der Waals surface area contributed by atoms with Gasteiger partial charge in [0.05, 0.1) is 17.1 Å². The zero-order valence-corrected chi connectivity index (χ0v) is 14.8. The van der Waals surface area contributed by atoms with Crippen LogP contribution in [0.5, 0.6) is 0 Å². The van der Waals surface area contributed by atoms with Crippen LogP contribution in [0.3, 0.4) is 0 Å². The summed E-state index contributed by atoms with van der Waals surface area (Å²) in [5.41, 5.74) is 3.52. The molecule has 2 aliphatic heterocycles. The third-order valence-electron chi connectivity index (χ3n) is 4.70. The SMILES string of the molecule is Cc1nn(C)c(C)c1N=C1CCCc2oc(C3NC(=O)NC3=O)cc2N1. The summed E-state index contributed by atoms with van der Waals surface area (Å²) in [7, 11) is 1.90. The van der Waals surface area contributed by atoms with Crippen molar-refractivity contribution in [3.05, 3.63) is 29.0 Å². The van der Waals surface area contributed by atoms with Crippen molar-refractivity contribution in [2.75, 3.05) is 5.32 Å². The van der Waals surface area contributed by atoms with Gasteiger partial charge in [-0.25, -0.2) is 9.79 Å². The lowest BCUT2D eigenvalue weighted by atomic mass is 10.2. The summed E-state index contributed by atoms with van der Waals surface area (Å²) in [5.74, 6) is 1.60. The molecular formula is C17H20N6O3. The first-order valence-electron chi connectivity index (χ1n) is 8.51. The number of imide groups is 1. The highest BCUT2D eigenvalue weighted by Crippen LogP contribution is 2.31. The molecule has 1 atom stereocenters. The van der Waals surface area contributed by atoms with Gasteiger partial charge in [0.1, 0.15) is 23.0 Å². The van der Waals surface area contributed by atoms with E-state index in [1.54, 1.807) is 6.07 Å². The first-order chi connectivity index (χ1) is 12.4. The second-order valence-corrected chi connectivity index (χ2v) is 6.56. The number of aromatic nitrogens is 2. The van der Waals surface area contributed by atoms with E-state index in [0.717, 1.165) is 53.6 Å². The second kappa shape index (κ2) is 6.01.